The molecular formula is C17H20FNO3. The van der Waals surface area contributed by atoms with Crippen LogP contribution in [0.1, 0.15) is 12.5 Å². The molecule has 0 aromatic heterocycles. The summed E-state index contributed by atoms with van der Waals surface area (Å²) in [7, 11) is 3.64. The van der Waals surface area contributed by atoms with Gasteiger partial charge in [0, 0.05) is 12.1 Å². The first-order chi connectivity index (χ1) is 10.4. The summed E-state index contributed by atoms with van der Waals surface area (Å²) >= 11 is 0. The third kappa shape index (κ3) is 4.93. The van der Waals surface area contributed by atoms with E-state index in [9.17, 15) is 14.0 Å². The fraction of sp³-hybridized carbons (Fsp3) is 0.294. The van der Waals surface area contributed by atoms with Crippen LogP contribution in [0.3, 0.4) is 0 Å². The van der Waals surface area contributed by atoms with Gasteiger partial charge in [-0.25, -0.2) is 9.18 Å². The zero-order chi connectivity index (χ0) is 16.7. The van der Waals surface area contributed by atoms with Gasteiger partial charge in [-0.3, -0.25) is 4.79 Å². The van der Waals surface area contributed by atoms with Gasteiger partial charge in [0.05, 0.1) is 6.61 Å². The number of esters is 1. The minimum absolute atomic E-state index is 0.0649. The Kier molecular flexibility index (Phi) is 6.66. The van der Waals surface area contributed by atoms with E-state index in [1.807, 2.05) is 19.0 Å². The molecular weight excluding hydrogens is 285 g/mol. The highest BCUT2D eigenvalue weighted by Crippen LogP contribution is 2.18. The lowest BCUT2D eigenvalue weighted by Gasteiger charge is -2.11. The third-order valence-corrected chi connectivity index (χ3v) is 2.87. The average Bonchev–Trinajstić information content (AvgIpc) is 2.47. The second-order valence-electron chi connectivity index (χ2n) is 4.92. The predicted octanol–water partition coefficient (Wildman–Crippen LogP) is 2.46. The fourth-order valence-electron chi connectivity index (χ4n) is 1.70. The zero-order valence-corrected chi connectivity index (χ0v) is 13.1. The number of likely N-dealkylation sites (N-methyl/N-ethyl adjacent to an activating group) is 1. The Labute approximate surface area is 129 Å². The molecule has 118 valence electrons. The highest BCUT2D eigenvalue weighted by atomic mass is 19.1. The van der Waals surface area contributed by atoms with Crippen LogP contribution in [0, 0.1) is 5.82 Å². The van der Waals surface area contributed by atoms with Crippen LogP contribution < -0.4 is 0 Å². The summed E-state index contributed by atoms with van der Waals surface area (Å²) in [5, 5.41) is 0. The maximum atomic E-state index is 12.9. The SMILES string of the molecule is C=C(C(=O)/C(=C/CN(C)C)C(=O)OCC)c1ccc(F)cc1. The number of halogens is 1. The third-order valence-electron chi connectivity index (χ3n) is 2.87. The Morgan fingerprint density at radius 2 is 1.86 bits per heavy atom. The van der Waals surface area contributed by atoms with Crippen molar-refractivity contribution in [3.63, 3.8) is 0 Å². The molecule has 0 radical (unpaired) electrons. The second-order valence-corrected chi connectivity index (χ2v) is 4.92. The molecule has 0 unspecified atom stereocenters. The summed E-state index contributed by atoms with van der Waals surface area (Å²) in [5.74, 6) is -1.61. The summed E-state index contributed by atoms with van der Waals surface area (Å²) in [6, 6.07) is 5.37. The Hall–Kier alpha value is -2.27. The van der Waals surface area contributed by atoms with Gasteiger partial charge in [-0.05, 0) is 38.7 Å². The number of ether oxygens (including phenoxy) is 1. The topological polar surface area (TPSA) is 46.6 Å². The van der Waals surface area contributed by atoms with Gasteiger partial charge in [0.15, 0.2) is 5.78 Å². The van der Waals surface area contributed by atoms with Gasteiger partial charge in [-0.15, -0.1) is 0 Å². The number of carbonyl (C=O) groups is 2. The lowest BCUT2D eigenvalue weighted by atomic mass is 9.98. The van der Waals surface area contributed by atoms with Crippen molar-refractivity contribution in [3.8, 4) is 0 Å². The van der Waals surface area contributed by atoms with E-state index < -0.39 is 17.6 Å². The van der Waals surface area contributed by atoms with Crippen molar-refractivity contribution in [2.24, 2.45) is 0 Å². The molecule has 0 bridgehead atoms. The molecule has 0 aliphatic rings. The van der Waals surface area contributed by atoms with Crippen LogP contribution >= 0.6 is 0 Å². The minimum atomic E-state index is -0.683. The van der Waals surface area contributed by atoms with E-state index in [0.29, 0.717) is 12.1 Å². The van der Waals surface area contributed by atoms with Crippen molar-refractivity contribution in [2.45, 2.75) is 6.92 Å². The predicted molar refractivity (Wildman–Crippen MR) is 83.7 cm³/mol. The molecule has 1 aromatic carbocycles. The highest BCUT2D eigenvalue weighted by molar-refractivity contribution is 6.36. The summed E-state index contributed by atoms with van der Waals surface area (Å²) in [6.07, 6.45) is 1.51. The maximum Gasteiger partial charge on any atom is 0.341 e. The van der Waals surface area contributed by atoms with Crippen molar-refractivity contribution < 1.29 is 18.7 Å². The smallest absolute Gasteiger partial charge is 0.341 e. The molecule has 1 rings (SSSR count). The number of rotatable bonds is 7. The first-order valence-corrected chi connectivity index (χ1v) is 6.88. The van der Waals surface area contributed by atoms with Crippen LogP contribution in [0.5, 0.6) is 0 Å². The van der Waals surface area contributed by atoms with Gasteiger partial charge in [0.25, 0.3) is 0 Å². The molecule has 0 heterocycles. The summed E-state index contributed by atoms with van der Waals surface area (Å²) in [5.41, 5.74) is 0.523. The van der Waals surface area contributed by atoms with Gasteiger partial charge < -0.3 is 9.64 Å². The molecule has 0 saturated carbocycles. The highest BCUT2D eigenvalue weighted by Gasteiger charge is 2.22. The number of nitrogens with zero attached hydrogens (tertiary/aromatic N) is 1. The Bertz CT molecular complexity index is 588. The first-order valence-electron chi connectivity index (χ1n) is 6.88. The Balaban J connectivity index is 3.05. The molecule has 0 aliphatic heterocycles. The van der Waals surface area contributed by atoms with Crippen LogP contribution in [-0.2, 0) is 14.3 Å². The minimum Gasteiger partial charge on any atom is -0.462 e. The summed E-state index contributed by atoms with van der Waals surface area (Å²) in [6.45, 7) is 5.97. The molecule has 5 heteroatoms. The molecule has 0 amide bonds. The van der Waals surface area contributed by atoms with E-state index in [2.05, 4.69) is 6.58 Å². The Morgan fingerprint density at radius 3 is 2.36 bits per heavy atom. The molecule has 0 fully saturated rings. The van der Waals surface area contributed by atoms with Gasteiger partial charge in [-0.1, -0.05) is 24.8 Å². The molecule has 0 aliphatic carbocycles. The van der Waals surface area contributed by atoms with E-state index in [0.717, 1.165) is 0 Å². The van der Waals surface area contributed by atoms with Crippen molar-refractivity contribution in [2.75, 3.05) is 27.2 Å². The number of benzene rings is 1. The Morgan fingerprint density at radius 1 is 1.27 bits per heavy atom. The number of carbonyl (C=O) groups excluding carboxylic acids is 2. The lowest BCUT2D eigenvalue weighted by molar-refractivity contribution is -0.139. The lowest BCUT2D eigenvalue weighted by Crippen LogP contribution is -2.20. The van der Waals surface area contributed by atoms with Crippen LogP contribution in [0.15, 0.2) is 42.5 Å². The molecule has 0 N–H and O–H groups in total. The van der Waals surface area contributed by atoms with E-state index in [1.165, 1.54) is 30.3 Å². The largest absolute Gasteiger partial charge is 0.462 e. The standard InChI is InChI=1S/C17H20FNO3/c1-5-22-17(21)15(10-11-19(3)4)16(20)12(2)13-6-8-14(18)9-7-13/h6-10H,2,5,11H2,1,3-4H3/b15-10-. The average molecular weight is 305 g/mol. The van der Waals surface area contributed by atoms with E-state index in [1.54, 1.807) is 6.92 Å². The van der Waals surface area contributed by atoms with Crippen LogP contribution in [0.2, 0.25) is 0 Å². The van der Waals surface area contributed by atoms with Crippen molar-refractivity contribution in [1.82, 2.24) is 4.90 Å². The number of ketones is 1. The number of allylic oxidation sites excluding steroid dienone is 1. The molecule has 0 atom stereocenters. The van der Waals surface area contributed by atoms with Gasteiger partial charge in [-0.2, -0.15) is 0 Å². The van der Waals surface area contributed by atoms with Gasteiger partial charge in [0.1, 0.15) is 11.4 Å². The van der Waals surface area contributed by atoms with Crippen molar-refractivity contribution >= 4 is 17.3 Å². The first kappa shape index (κ1) is 17.8. The van der Waals surface area contributed by atoms with E-state index in [4.69, 9.17) is 4.74 Å². The number of hydrogen-bond acceptors (Lipinski definition) is 4. The van der Waals surface area contributed by atoms with Crippen LogP contribution in [0.4, 0.5) is 4.39 Å². The zero-order valence-electron chi connectivity index (χ0n) is 13.1. The molecule has 4 nitrogen and oxygen atoms in total. The van der Waals surface area contributed by atoms with Crippen molar-refractivity contribution in [1.29, 1.82) is 0 Å². The van der Waals surface area contributed by atoms with Crippen LogP contribution in [-0.4, -0.2) is 43.9 Å². The summed E-state index contributed by atoms with van der Waals surface area (Å²) in [4.78, 5) is 26.2. The van der Waals surface area contributed by atoms with Crippen LogP contribution in [0.25, 0.3) is 5.57 Å². The van der Waals surface area contributed by atoms with E-state index >= 15 is 0 Å². The van der Waals surface area contributed by atoms with Gasteiger partial charge >= 0.3 is 5.97 Å². The molecule has 1 aromatic rings. The van der Waals surface area contributed by atoms with Gasteiger partial charge in [0.2, 0.25) is 0 Å². The second kappa shape index (κ2) is 8.24. The number of Topliss-reactive ketones (excluding diaryl/α,β-unsaturated/α-hetero) is 1. The molecule has 0 saturated heterocycles. The normalized spacial score (nSPS) is 11.4. The summed E-state index contributed by atoms with van der Waals surface area (Å²) < 4.78 is 17.9. The van der Waals surface area contributed by atoms with Crippen molar-refractivity contribution in [3.05, 3.63) is 53.9 Å². The van der Waals surface area contributed by atoms with E-state index in [-0.39, 0.29) is 17.8 Å². The fourth-order valence-corrected chi connectivity index (χ4v) is 1.70. The molecule has 0 spiro atoms. The maximum absolute atomic E-state index is 12.9. The molecule has 22 heavy (non-hydrogen) atoms. The number of hydrogen-bond donors (Lipinski definition) is 0. The monoisotopic (exact) mass is 305 g/mol. The quantitative estimate of drug-likeness (QED) is 0.336.